The predicted octanol–water partition coefficient (Wildman–Crippen LogP) is 5.86. The van der Waals surface area contributed by atoms with Gasteiger partial charge in [0.1, 0.15) is 22.4 Å². The first kappa shape index (κ1) is 21.1. The lowest BCUT2D eigenvalue weighted by atomic mass is 10.1. The molecule has 0 saturated carbocycles. The van der Waals surface area contributed by atoms with Gasteiger partial charge in [0, 0.05) is 12.1 Å². The molecule has 1 unspecified atom stereocenters. The highest BCUT2D eigenvalue weighted by Gasteiger charge is 2.22. The number of hydrogen-bond donors (Lipinski definition) is 1. The van der Waals surface area contributed by atoms with E-state index in [1.807, 2.05) is 67.8 Å². The van der Waals surface area contributed by atoms with Gasteiger partial charge in [-0.15, -0.1) is 21.5 Å². The van der Waals surface area contributed by atoms with Gasteiger partial charge in [0.2, 0.25) is 0 Å². The molecule has 0 saturated heterocycles. The number of aliphatic hydroxyl groups excluding tert-OH is 1. The molecule has 2 aromatic heterocycles. The van der Waals surface area contributed by atoms with E-state index in [0.717, 1.165) is 27.2 Å². The van der Waals surface area contributed by atoms with Crippen molar-refractivity contribution >= 4 is 38.9 Å². The van der Waals surface area contributed by atoms with Crippen molar-refractivity contribution in [3.05, 3.63) is 64.9 Å². The number of aliphatic hydroxyl groups is 1. The highest BCUT2D eigenvalue weighted by atomic mass is 32.2. The maximum absolute atomic E-state index is 10.9. The van der Waals surface area contributed by atoms with Crippen LogP contribution < -0.4 is 0 Å². The lowest BCUT2D eigenvalue weighted by molar-refractivity contribution is 0.402. The number of nitriles is 1. The van der Waals surface area contributed by atoms with Crippen LogP contribution in [0.4, 0.5) is 0 Å². The van der Waals surface area contributed by atoms with Crippen molar-refractivity contribution in [1.82, 2.24) is 19.7 Å². The van der Waals surface area contributed by atoms with E-state index >= 15 is 0 Å². The molecule has 0 fully saturated rings. The molecule has 0 aliphatic carbocycles. The molecule has 2 heterocycles. The van der Waals surface area contributed by atoms with Crippen molar-refractivity contribution in [3.63, 3.8) is 0 Å². The summed E-state index contributed by atoms with van der Waals surface area (Å²) in [5.74, 6) is 0.783. The summed E-state index contributed by atoms with van der Waals surface area (Å²) >= 11 is 2.77. The Labute approximate surface area is 188 Å². The Kier molecular flexibility index (Phi) is 6.07. The van der Waals surface area contributed by atoms with Gasteiger partial charge in [0.15, 0.2) is 11.0 Å². The van der Waals surface area contributed by atoms with Crippen molar-refractivity contribution in [2.24, 2.45) is 0 Å². The van der Waals surface area contributed by atoms with Gasteiger partial charge in [0.25, 0.3) is 0 Å². The number of fused-ring (bicyclic) bond motifs is 1. The van der Waals surface area contributed by atoms with Crippen LogP contribution in [0.25, 0.3) is 27.2 Å². The zero-order valence-corrected chi connectivity index (χ0v) is 19.0. The third-order valence-electron chi connectivity index (χ3n) is 4.85. The van der Waals surface area contributed by atoms with Crippen LogP contribution in [0.2, 0.25) is 0 Å². The molecule has 31 heavy (non-hydrogen) atoms. The van der Waals surface area contributed by atoms with Gasteiger partial charge in [0.05, 0.1) is 15.5 Å². The van der Waals surface area contributed by atoms with Gasteiger partial charge in [-0.2, -0.15) is 5.26 Å². The van der Waals surface area contributed by atoms with E-state index in [2.05, 4.69) is 27.3 Å². The second-order valence-corrected chi connectivity index (χ2v) is 9.38. The fraction of sp³-hybridized carbons (Fsp3) is 0.217. The maximum Gasteiger partial charge on any atom is 0.192 e. The Balaban J connectivity index is 1.65. The predicted molar refractivity (Wildman–Crippen MR) is 126 cm³/mol. The molecule has 0 aliphatic rings. The minimum absolute atomic E-state index is 0.00526. The molecule has 0 amide bonds. The van der Waals surface area contributed by atoms with Gasteiger partial charge in [-0.3, -0.25) is 0 Å². The molecule has 0 aliphatic heterocycles. The van der Waals surface area contributed by atoms with E-state index in [1.165, 1.54) is 23.1 Å². The summed E-state index contributed by atoms with van der Waals surface area (Å²) in [7, 11) is 0. The molecule has 1 atom stereocenters. The van der Waals surface area contributed by atoms with Crippen molar-refractivity contribution in [2.45, 2.75) is 37.7 Å². The van der Waals surface area contributed by atoms with Crippen LogP contribution in [0.5, 0.6) is 0 Å². The molecule has 0 bridgehead atoms. The van der Waals surface area contributed by atoms with Gasteiger partial charge in [-0.1, -0.05) is 47.7 Å². The Morgan fingerprint density at radius 1 is 1.23 bits per heavy atom. The van der Waals surface area contributed by atoms with Crippen LogP contribution in [0.3, 0.4) is 0 Å². The number of thiazole rings is 1. The molecule has 1 N–H and O–H groups in total. The van der Waals surface area contributed by atoms with E-state index in [4.69, 9.17) is 0 Å². The van der Waals surface area contributed by atoms with E-state index in [9.17, 15) is 10.4 Å². The van der Waals surface area contributed by atoms with Crippen molar-refractivity contribution in [2.75, 3.05) is 0 Å². The molecule has 156 valence electrons. The third kappa shape index (κ3) is 4.20. The highest BCUT2D eigenvalue weighted by Crippen LogP contribution is 2.34. The Morgan fingerprint density at radius 3 is 2.74 bits per heavy atom. The lowest BCUT2D eigenvalue weighted by Crippen LogP contribution is -2.07. The second kappa shape index (κ2) is 8.92. The number of aromatic nitrogens is 4. The maximum atomic E-state index is 10.9. The molecule has 2 aromatic carbocycles. The number of rotatable bonds is 6. The summed E-state index contributed by atoms with van der Waals surface area (Å²) in [6.07, 6.45) is 0. The van der Waals surface area contributed by atoms with Gasteiger partial charge in [-0.05, 0) is 39.0 Å². The van der Waals surface area contributed by atoms with Crippen LogP contribution >= 0.6 is 23.1 Å². The van der Waals surface area contributed by atoms with Crippen LogP contribution in [-0.4, -0.2) is 30.1 Å². The van der Waals surface area contributed by atoms with Crippen LogP contribution in [0.15, 0.2) is 59.4 Å². The first-order valence-electron chi connectivity index (χ1n) is 9.88. The molecular formula is C23H21N5OS2. The fourth-order valence-corrected chi connectivity index (χ4v) is 5.22. The first-order valence-corrected chi connectivity index (χ1v) is 11.6. The number of nitrogens with zero attached hydrogens (tertiary/aromatic N) is 5. The lowest BCUT2D eigenvalue weighted by Gasteiger charge is -2.13. The van der Waals surface area contributed by atoms with E-state index < -0.39 is 0 Å². The third-order valence-corrected chi connectivity index (χ3v) is 7.00. The first-order chi connectivity index (χ1) is 15.0. The normalized spacial score (nSPS) is 13.1. The quantitative estimate of drug-likeness (QED) is 0.226. The molecule has 4 aromatic rings. The smallest absolute Gasteiger partial charge is 0.192 e. The Morgan fingerprint density at radius 2 is 2.03 bits per heavy atom. The Hall–Kier alpha value is -3.15. The second-order valence-electron chi connectivity index (χ2n) is 7.04. The largest absolute Gasteiger partial charge is 0.510 e. The average molecular weight is 448 g/mol. The standard InChI is InChI=1S/C23H21N5OS2/c1-4-28-21(16-9-7-8-14(2)12-16)26-27-23(28)30-15(3)20(29)17(13-24)22-25-18-10-5-6-11-19(18)31-22/h5-12,15,29H,4H2,1-3H3/b20-17+. The number of aryl methyl sites for hydroxylation is 1. The van der Waals surface area contributed by atoms with Crippen molar-refractivity contribution < 1.29 is 5.11 Å². The zero-order valence-electron chi connectivity index (χ0n) is 17.4. The van der Waals surface area contributed by atoms with Crippen LogP contribution in [-0.2, 0) is 6.54 Å². The topological polar surface area (TPSA) is 87.6 Å². The van der Waals surface area contributed by atoms with Gasteiger partial charge in [-0.25, -0.2) is 4.98 Å². The molecular weight excluding hydrogens is 426 g/mol. The zero-order chi connectivity index (χ0) is 22.0. The van der Waals surface area contributed by atoms with Crippen LogP contribution in [0, 0.1) is 18.3 Å². The van der Waals surface area contributed by atoms with E-state index in [1.54, 1.807) is 0 Å². The fourth-order valence-electron chi connectivity index (χ4n) is 3.27. The molecule has 6 nitrogen and oxygen atoms in total. The molecule has 0 spiro atoms. The van der Waals surface area contributed by atoms with E-state index in [0.29, 0.717) is 16.7 Å². The molecule has 4 rings (SSSR count). The summed E-state index contributed by atoms with van der Waals surface area (Å²) in [5.41, 5.74) is 3.17. The summed E-state index contributed by atoms with van der Waals surface area (Å²) in [4.78, 5) is 4.52. The summed E-state index contributed by atoms with van der Waals surface area (Å²) in [6.45, 7) is 6.63. The van der Waals surface area contributed by atoms with Crippen molar-refractivity contribution in [3.8, 4) is 17.5 Å². The number of allylic oxidation sites excluding steroid dienone is 1. The molecule has 0 radical (unpaired) electrons. The number of hydrogen-bond acceptors (Lipinski definition) is 7. The number of para-hydroxylation sites is 1. The SMILES string of the molecule is CCn1c(SC(C)/C(O)=C(/C#N)c2nc3ccccc3s2)nnc1-c1cccc(C)c1. The highest BCUT2D eigenvalue weighted by molar-refractivity contribution is 7.99. The van der Waals surface area contributed by atoms with Gasteiger partial charge < -0.3 is 9.67 Å². The minimum atomic E-state index is -0.387. The van der Waals surface area contributed by atoms with Crippen LogP contribution in [0.1, 0.15) is 24.4 Å². The number of thioether (sulfide) groups is 1. The monoisotopic (exact) mass is 447 g/mol. The average Bonchev–Trinajstić information content (AvgIpc) is 3.37. The molecule has 8 heteroatoms. The number of benzene rings is 2. The summed E-state index contributed by atoms with van der Waals surface area (Å²) in [5, 5.41) is 30.2. The van der Waals surface area contributed by atoms with Crippen molar-refractivity contribution in [1.29, 1.82) is 5.26 Å². The summed E-state index contributed by atoms with van der Waals surface area (Å²) in [6, 6.07) is 18.0. The summed E-state index contributed by atoms with van der Waals surface area (Å²) < 4.78 is 3.00. The minimum Gasteiger partial charge on any atom is -0.510 e. The van der Waals surface area contributed by atoms with E-state index in [-0.39, 0.29) is 16.6 Å². The van der Waals surface area contributed by atoms with Gasteiger partial charge >= 0.3 is 0 Å². The Bertz CT molecular complexity index is 1280.